The quantitative estimate of drug-likeness (QED) is 0.422. The minimum Gasteiger partial charge on any atom is -0.480 e. The van der Waals surface area contributed by atoms with Gasteiger partial charge in [0.1, 0.15) is 18.2 Å². The lowest BCUT2D eigenvalue weighted by Crippen LogP contribution is -2.43. The number of nitrogens with zero attached hydrogens (tertiary/aromatic N) is 1. The second-order valence-corrected chi connectivity index (χ2v) is 6.33. The first kappa shape index (κ1) is 20.9. The molecular weight excluding hydrogens is 348 g/mol. The number of nitro groups is 1. The number of hydrogen-bond donors (Lipinski definition) is 2. The number of carboxylic acid groups (broad SMARTS) is 1. The number of rotatable bonds is 7. The van der Waals surface area contributed by atoms with Gasteiger partial charge in [-0.15, -0.1) is 0 Å². The third-order valence-electron chi connectivity index (χ3n) is 2.90. The molecule has 2 N–H and O–H groups in total. The smallest absolute Gasteiger partial charge is 0.408 e. The first-order valence-electron chi connectivity index (χ1n) is 7.59. The van der Waals surface area contributed by atoms with Crippen molar-refractivity contribution in [3.63, 3.8) is 0 Å². The van der Waals surface area contributed by atoms with Crippen LogP contribution >= 0.6 is 0 Å². The molecule has 1 rings (SSSR count). The number of nitrogens with one attached hydrogen (secondary N) is 1. The van der Waals surface area contributed by atoms with E-state index in [1.165, 1.54) is 24.3 Å². The molecule has 1 aromatic carbocycles. The van der Waals surface area contributed by atoms with Crippen LogP contribution in [-0.4, -0.2) is 39.7 Å². The summed E-state index contributed by atoms with van der Waals surface area (Å²) >= 11 is 0. The maximum Gasteiger partial charge on any atom is 0.408 e. The number of carboxylic acids is 1. The van der Waals surface area contributed by atoms with E-state index >= 15 is 0 Å². The molecule has 0 saturated heterocycles. The Balaban J connectivity index is 2.55. The van der Waals surface area contributed by atoms with Crippen LogP contribution < -0.4 is 5.32 Å². The molecule has 0 aliphatic heterocycles. The molecule has 10 nitrogen and oxygen atoms in total. The summed E-state index contributed by atoms with van der Waals surface area (Å²) in [5.74, 6) is -2.19. The molecule has 0 radical (unpaired) electrons. The Morgan fingerprint density at radius 1 is 1.23 bits per heavy atom. The van der Waals surface area contributed by atoms with E-state index < -0.39 is 41.0 Å². The average molecular weight is 368 g/mol. The number of esters is 1. The molecule has 0 unspecified atom stereocenters. The number of carbonyl (C=O) groups is 3. The van der Waals surface area contributed by atoms with Crippen molar-refractivity contribution in [2.45, 2.75) is 45.4 Å². The minimum atomic E-state index is -1.51. The monoisotopic (exact) mass is 368 g/mol. The Kier molecular flexibility index (Phi) is 7.06. The van der Waals surface area contributed by atoms with E-state index in [4.69, 9.17) is 14.6 Å². The molecule has 0 saturated carbocycles. The van der Waals surface area contributed by atoms with Crippen molar-refractivity contribution >= 4 is 23.7 Å². The van der Waals surface area contributed by atoms with Crippen LogP contribution in [0, 0.1) is 10.1 Å². The first-order chi connectivity index (χ1) is 12.0. The lowest BCUT2D eigenvalue weighted by atomic mass is 10.1. The fourth-order valence-corrected chi connectivity index (χ4v) is 1.80. The number of carbonyl (C=O) groups excluding carboxylic acids is 2. The molecule has 0 fully saturated rings. The van der Waals surface area contributed by atoms with Gasteiger partial charge in [0.2, 0.25) is 0 Å². The van der Waals surface area contributed by atoms with Gasteiger partial charge in [0, 0.05) is 12.1 Å². The van der Waals surface area contributed by atoms with Crippen molar-refractivity contribution in [2.75, 3.05) is 0 Å². The number of nitro benzene ring substituents is 1. The zero-order valence-electron chi connectivity index (χ0n) is 14.6. The second-order valence-electron chi connectivity index (χ2n) is 6.33. The summed E-state index contributed by atoms with van der Waals surface area (Å²) in [7, 11) is 0. The van der Waals surface area contributed by atoms with E-state index in [-0.39, 0.29) is 12.3 Å². The van der Waals surface area contributed by atoms with E-state index in [9.17, 15) is 24.5 Å². The van der Waals surface area contributed by atoms with Crippen LogP contribution in [0.15, 0.2) is 24.3 Å². The van der Waals surface area contributed by atoms with Gasteiger partial charge in [0.25, 0.3) is 5.69 Å². The van der Waals surface area contributed by atoms with Crippen molar-refractivity contribution in [1.82, 2.24) is 5.32 Å². The molecule has 26 heavy (non-hydrogen) atoms. The normalized spacial score (nSPS) is 12.0. The molecule has 142 valence electrons. The maximum atomic E-state index is 11.7. The van der Waals surface area contributed by atoms with Gasteiger partial charge in [-0.05, 0) is 38.5 Å². The highest BCUT2D eigenvalue weighted by atomic mass is 16.6. The van der Waals surface area contributed by atoms with E-state index in [1.807, 2.05) is 0 Å². The number of ether oxygens (including phenoxy) is 2. The highest BCUT2D eigenvalue weighted by Gasteiger charge is 2.27. The van der Waals surface area contributed by atoms with Gasteiger partial charge in [-0.3, -0.25) is 14.9 Å². The molecule has 1 aromatic rings. The van der Waals surface area contributed by atoms with E-state index in [0.29, 0.717) is 5.56 Å². The maximum absolute atomic E-state index is 11.7. The highest BCUT2D eigenvalue weighted by molar-refractivity contribution is 5.85. The van der Waals surface area contributed by atoms with Gasteiger partial charge in [-0.2, -0.15) is 0 Å². The zero-order chi connectivity index (χ0) is 19.9. The fourth-order valence-electron chi connectivity index (χ4n) is 1.80. The molecule has 1 amide bonds. The molecule has 0 aliphatic rings. The van der Waals surface area contributed by atoms with Crippen molar-refractivity contribution in [1.29, 1.82) is 0 Å². The molecule has 1 atom stereocenters. The van der Waals surface area contributed by atoms with Crippen molar-refractivity contribution in [3.8, 4) is 0 Å². The summed E-state index contributed by atoms with van der Waals surface area (Å²) < 4.78 is 9.87. The standard InChI is InChI=1S/C16H20N2O8/c1-16(2,3)26-13(19)8-12(14(20)21)17-15(22)25-9-10-4-6-11(7-5-10)18(23)24/h4-7,12H,8-9H2,1-3H3,(H,17,22)(H,20,21)/t12-/m0/s1. The number of non-ortho nitro benzene ring substituents is 1. The molecule has 0 heterocycles. The molecule has 10 heteroatoms. The Morgan fingerprint density at radius 2 is 1.81 bits per heavy atom. The van der Waals surface area contributed by atoms with Crippen molar-refractivity contribution in [3.05, 3.63) is 39.9 Å². The van der Waals surface area contributed by atoms with E-state index in [2.05, 4.69) is 5.32 Å². The Hall–Kier alpha value is -3.17. The summed E-state index contributed by atoms with van der Waals surface area (Å²) in [6, 6.07) is 3.80. The Morgan fingerprint density at radius 3 is 2.27 bits per heavy atom. The predicted octanol–water partition coefficient (Wildman–Crippen LogP) is 2.01. The predicted molar refractivity (Wildman–Crippen MR) is 88.3 cm³/mol. The van der Waals surface area contributed by atoms with E-state index in [1.54, 1.807) is 20.8 Å². The number of hydrogen-bond acceptors (Lipinski definition) is 7. The number of benzene rings is 1. The molecule has 0 aromatic heterocycles. The lowest BCUT2D eigenvalue weighted by molar-refractivity contribution is -0.384. The van der Waals surface area contributed by atoms with Crippen LogP contribution in [0.5, 0.6) is 0 Å². The van der Waals surface area contributed by atoms with Crippen LogP contribution in [0.1, 0.15) is 32.8 Å². The number of aliphatic carboxylic acids is 1. The Labute approximate surface area is 149 Å². The summed E-state index contributed by atoms with van der Waals surface area (Å²) in [5.41, 5.74) is -0.414. The SMILES string of the molecule is CC(C)(C)OC(=O)C[C@H](NC(=O)OCc1ccc([N+](=O)[O-])cc1)C(=O)O. The summed E-state index contributed by atoms with van der Waals surface area (Å²) in [6.07, 6.45) is -1.60. The summed E-state index contributed by atoms with van der Waals surface area (Å²) in [4.78, 5) is 44.6. The van der Waals surface area contributed by atoms with Crippen molar-refractivity contribution in [2.24, 2.45) is 0 Å². The largest absolute Gasteiger partial charge is 0.480 e. The third kappa shape index (κ3) is 7.60. The molecular formula is C16H20N2O8. The molecule has 0 aliphatic carbocycles. The van der Waals surface area contributed by atoms with Crippen LogP contribution in [0.25, 0.3) is 0 Å². The fraction of sp³-hybridized carbons (Fsp3) is 0.438. The zero-order valence-corrected chi connectivity index (χ0v) is 14.6. The number of amides is 1. The average Bonchev–Trinajstić information content (AvgIpc) is 2.50. The van der Waals surface area contributed by atoms with Gasteiger partial charge in [-0.1, -0.05) is 0 Å². The summed E-state index contributed by atoms with van der Waals surface area (Å²) in [5, 5.41) is 21.7. The van der Waals surface area contributed by atoms with Crippen LogP contribution in [-0.2, 0) is 25.7 Å². The first-order valence-corrected chi connectivity index (χ1v) is 7.59. The lowest BCUT2D eigenvalue weighted by Gasteiger charge is -2.21. The number of alkyl carbamates (subject to hydrolysis) is 1. The van der Waals surface area contributed by atoms with Gasteiger partial charge < -0.3 is 19.9 Å². The van der Waals surface area contributed by atoms with Crippen LogP contribution in [0.3, 0.4) is 0 Å². The van der Waals surface area contributed by atoms with Crippen molar-refractivity contribution < 1.29 is 33.9 Å². The van der Waals surface area contributed by atoms with Gasteiger partial charge in [0.15, 0.2) is 0 Å². The third-order valence-corrected chi connectivity index (χ3v) is 2.90. The van der Waals surface area contributed by atoms with Gasteiger partial charge in [-0.25, -0.2) is 9.59 Å². The van der Waals surface area contributed by atoms with Crippen LogP contribution in [0.2, 0.25) is 0 Å². The summed E-state index contributed by atoms with van der Waals surface area (Å²) in [6.45, 7) is 4.67. The second kappa shape index (κ2) is 8.79. The Bertz CT molecular complexity index is 678. The molecule has 0 spiro atoms. The topological polar surface area (TPSA) is 145 Å². The highest BCUT2D eigenvalue weighted by Crippen LogP contribution is 2.13. The van der Waals surface area contributed by atoms with E-state index in [0.717, 1.165) is 0 Å². The molecule has 0 bridgehead atoms. The van der Waals surface area contributed by atoms with Gasteiger partial charge in [0.05, 0.1) is 11.3 Å². The van der Waals surface area contributed by atoms with Crippen LogP contribution in [0.4, 0.5) is 10.5 Å². The van der Waals surface area contributed by atoms with Gasteiger partial charge >= 0.3 is 18.0 Å². The minimum absolute atomic E-state index is 0.110.